The van der Waals surface area contributed by atoms with Crippen LogP contribution < -0.4 is 4.74 Å². The molecule has 0 unspecified atom stereocenters. The molecular weight excluding hydrogens is 393 g/mol. The molecule has 0 atom stereocenters. The maximum absolute atomic E-state index is 13.8. The van der Waals surface area contributed by atoms with Crippen LogP contribution in [0.3, 0.4) is 0 Å². The molecule has 26 heavy (non-hydrogen) atoms. The summed E-state index contributed by atoms with van der Waals surface area (Å²) in [6.45, 7) is 6.64. The highest BCUT2D eigenvalue weighted by Gasteiger charge is 2.15. The minimum Gasteiger partial charge on any atom is -0.455 e. The molecule has 1 aromatic heterocycles. The SMILES string of the molecule is CC(C)(C)Cc1ccnc(-c2ccccc2Oc2cccc(F)c2Br)c1. The molecule has 2 nitrogen and oxygen atoms in total. The summed E-state index contributed by atoms with van der Waals surface area (Å²) in [7, 11) is 0. The predicted octanol–water partition coefficient (Wildman–Crippen LogP) is 7.03. The lowest BCUT2D eigenvalue weighted by molar-refractivity contribution is 0.411. The summed E-state index contributed by atoms with van der Waals surface area (Å²) in [6.07, 6.45) is 2.78. The quantitative estimate of drug-likeness (QED) is 0.457. The van der Waals surface area contributed by atoms with E-state index in [0.717, 1.165) is 17.7 Å². The first-order chi connectivity index (χ1) is 12.3. The van der Waals surface area contributed by atoms with Crippen LogP contribution in [0.2, 0.25) is 0 Å². The zero-order chi connectivity index (χ0) is 18.7. The number of ether oxygens (including phenoxy) is 1. The third-order valence-corrected chi connectivity index (χ3v) is 4.63. The van der Waals surface area contributed by atoms with Crippen molar-refractivity contribution in [2.75, 3.05) is 0 Å². The van der Waals surface area contributed by atoms with Gasteiger partial charge in [0.15, 0.2) is 0 Å². The predicted molar refractivity (Wildman–Crippen MR) is 107 cm³/mol. The maximum Gasteiger partial charge on any atom is 0.144 e. The van der Waals surface area contributed by atoms with Crippen LogP contribution in [0.15, 0.2) is 65.3 Å². The van der Waals surface area contributed by atoms with E-state index >= 15 is 0 Å². The second-order valence-corrected chi connectivity index (χ2v) is 8.23. The Kier molecular flexibility index (Phi) is 5.42. The number of halogens is 2. The number of pyridine rings is 1. The molecule has 0 amide bonds. The standard InChI is InChI=1S/C22H21BrFNO/c1-22(2,3)14-15-11-12-25-18(13-15)16-7-4-5-9-19(16)26-20-10-6-8-17(24)21(20)23/h4-13H,14H2,1-3H3. The van der Waals surface area contributed by atoms with Crippen LogP contribution in [0.4, 0.5) is 4.39 Å². The molecule has 134 valence electrons. The van der Waals surface area contributed by atoms with Gasteiger partial charge in [-0.15, -0.1) is 0 Å². The van der Waals surface area contributed by atoms with E-state index in [-0.39, 0.29) is 11.2 Å². The molecular formula is C22H21BrFNO. The van der Waals surface area contributed by atoms with Gasteiger partial charge >= 0.3 is 0 Å². The Morgan fingerprint density at radius 1 is 1.00 bits per heavy atom. The number of hydrogen-bond donors (Lipinski definition) is 0. The zero-order valence-corrected chi connectivity index (χ0v) is 16.7. The highest BCUT2D eigenvalue weighted by Crippen LogP contribution is 2.36. The summed E-state index contributed by atoms with van der Waals surface area (Å²) >= 11 is 3.25. The van der Waals surface area contributed by atoms with Crippen LogP contribution >= 0.6 is 15.9 Å². The van der Waals surface area contributed by atoms with Crippen molar-refractivity contribution in [3.63, 3.8) is 0 Å². The van der Waals surface area contributed by atoms with E-state index in [1.807, 2.05) is 36.5 Å². The van der Waals surface area contributed by atoms with Crippen molar-refractivity contribution in [2.24, 2.45) is 5.41 Å². The fourth-order valence-electron chi connectivity index (χ4n) is 2.79. The Hall–Kier alpha value is -2.20. The number of hydrogen-bond acceptors (Lipinski definition) is 2. The van der Waals surface area contributed by atoms with Crippen molar-refractivity contribution in [3.8, 4) is 22.8 Å². The number of benzene rings is 2. The summed E-state index contributed by atoms with van der Waals surface area (Å²) in [5.41, 5.74) is 3.14. The van der Waals surface area contributed by atoms with Crippen LogP contribution in [0.1, 0.15) is 26.3 Å². The largest absolute Gasteiger partial charge is 0.455 e. The number of aromatic nitrogens is 1. The highest BCUT2D eigenvalue weighted by molar-refractivity contribution is 9.10. The van der Waals surface area contributed by atoms with Gasteiger partial charge in [0.25, 0.3) is 0 Å². The summed E-state index contributed by atoms with van der Waals surface area (Å²) in [4.78, 5) is 4.52. The van der Waals surface area contributed by atoms with Gasteiger partial charge in [-0.25, -0.2) is 4.39 Å². The average Bonchev–Trinajstić information content (AvgIpc) is 2.58. The van der Waals surface area contributed by atoms with Crippen LogP contribution in [0.5, 0.6) is 11.5 Å². The normalized spacial score (nSPS) is 11.4. The molecule has 0 saturated carbocycles. The van der Waals surface area contributed by atoms with Crippen molar-refractivity contribution in [2.45, 2.75) is 27.2 Å². The summed E-state index contributed by atoms with van der Waals surface area (Å²) in [6, 6.07) is 16.5. The van der Waals surface area contributed by atoms with Crippen LogP contribution in [-0.4, -0.2) is 4.98 Å². The van der Waals surface area contributed by atoms with Crippen molar-refractivity contribution >= 4 is 15.9 Å². The van der Waals surface area contributed by atoms with Gasteiger partial charge in [-0.3, -0.25) is 4.98 Å². The van der Waals surface area contributed by atoms with E-state index in [1.165, 1.54) is 11.6 Å². The number of para-hydroxylation sites is 1. The molecule has 1 heterocycles. The van der Waals surface area contributed by atoms with Gasteiger partial charge in [-0.2, -0.15) is 0 Å². The molecule has 0 N–H and O–H groups in total. The van der Waals surface area contributed by atoms with Gasteiger partial charge in [0.1, 0.15) is 17.3 Å². The highest BCUT2D eigenvalue weighted by atomic mass is 79.9. The molecule has 0 saturated heterocycles. The van der Waals surface area contributed by atoms with Crippen LogP contribution in [0.25, 0.3) is 11.3 Å². The van der Waals surface area contributed by atoms with Crippen LogP contribution in [-0.2, 0) is 6.42 Å². The van der Waals surface area contributed by atoms with E-state index in [9.17, 15) is 4.39 Å². The lowest BCUT2D eigenvalue weighted by Gasteiger charge is -2.18. The Morgan fingerprint density at radius 3 is 2.50 bits per heavy atom. The van der Waals surface area contributed by atoms with Crippen molar-refractivity contribution < 1.29 is 9.13 Å². The smallest absolute Gasteiger partial charge is 0.144 e. The molecule has 0 aliphatic rings. The van der Waals surface area contributed by atoms with Crippen LogP contribution in [0, 0.1) is 11.2 Å². The van der Waals surface area contributed by atoms with Crippen molar-refractivity contribution in [1.29, 1.82) is 0 Å². The van der Waals surface area contributed by atoms with Gasteiger partial charge in [-0.05, 0) is 69.7 Å². The Labute approximate surface area is 162 Å². The van der Waals surface area contributed by atoms with Gasteiger partial charge in [0.2, 0.25) is 0 Å². The Morgan fingerprint density at radius 2 is 1.73 bits per heavy atom. The molecule has 2 aromatic carbocycles. The third kappa shape index (κ3) is 4.50. The molecule has 0 aliphatic carbocycles. The monoisotopic (exact) mass is 413 g/mol. The third-order valence-electron chi connectivity index (χ3n) is 3.86. The van der Waals surface area contributed by atoms with Gasteiger partial charge in [0, 0.05) is 11.8 Å². The van der Waals surface area contributed by atoms with E-state index in [4.69, 9.17) is 4.74 Å². The fourth-order valence-corrected chi connectivity index (χ4v) is 3.14. The summed E-state index contributed by atoms with van der Waals surface area (Å²) in [5, 5.41) is 0. The lowest BCUT2D eigenvalue weighted by atomic mass is 9.88. The lowest BCUT2D eigenvalue weighted by Crippen LogP contribution is -2.09. The maximum atomic E-state index is 13.8. The van der Waals surface area contributed by atoms with Gasteiger partial charge in [0.05, 0.1) is 10.2 Å². The topological polar surface area (TPSA) is 22.1 Å². The molecule has 3 rings (SSSR count). The van der Waals surface area contributed by atoms with E-state index in [2.05, 4.69) is 47.8 Å². The Balaban J connectivity index is 1.97. The molecule has 0 bridgehead atoms. The second kappa shape index (κ2) is 7.58. The fraction of sp³-hybridized carbons (Fsp3) is 0.227. The second-order valence-electron chi connectivity index (χ2n) is 7.44. The first-order valence-electron chi connectivity index (χ1n) is 8.50. The number of rotatable bonds is 4. The summed E-state index contributed by atoms with van der Waals surface area (Å²) in [5.74, 6) is 0.716. The van der Waals surface area contributed by atoms with Gasteiger partial charge in [-0.1, -0.05) is 39.0 Å². The Bertz CT molecular complexity index is 918. The van der Waals surface area contributed by atoms with Crippen molar-refractivity contribution in [3.05, 3.63) is 76.6 Å². The molecule has 0 radical (unpaired) electrons. The number of nitrogens with zero attached hydrogens (tertiary/aromatic N) is 1. The first kappa shape index (κ1) is 18.6. The summed E-state index contributed by atoms with van der Waals surface area (Å²) < 4.78 is 20.1. The minimum atomic E-state index is -0.356. The van der Waals surface area contributed by atoms with Crippen molar-refractivity contribution in [1.82, 2.24) is 4.98 Å². The van der Waals surface area contributed by atoms with E-state index in [0.29, 0.717) is 16.0 Å². The first-order valence-corrected chi connectivity index (χ1v) is 9.29. The molecule has 0 spiro atoms. The minimum absolute atomic E-state index is 0.196. The molecule has 0 aliphatic heterocycles. The molecule has 3 aromatic rings. The van der Waals surface area contributed by atoms with Gasteiger partial charge < -0.3 is 4.74 Å². The zero-order valence-electron chi connectivity index (χ0n) is 15.1. The molecule has 4 heteroatoms. The van der Waals surface area contributed by atoms with E-state index < -0.39 is 0 Å². The average molecular weight is 414 g/mol. The van der Waals surface area contributed by atoms with E-state index in [1.54, 1.807) is 12.1 Å². The molecule has 0 fully saturated rings.